The summed E-state index contributed by atoms with van der Waals surface area (Å²) in [6.07, 6.45) is 1.86. The van der Waals surface area contributed by atoms with E-state index in [1.807, 2.05) is 18.3 Å². The van der Waals surface area contributed by atoms with Crippen LogP contribution in [-0.2, 0) is 0 Å². The summed E-state index contributed by atoms with van der Waals surface area (Å²) in [5, 5.41) is 0. The highest BCUT2D eigenvalue weighted by Gasteiger charge is 2.16. The Labute approximate surface area is 127 Å². The van der Waals surface area contributed by atoms with Crippen LogP contribution in [0.5, 0.6) is 0 Å². The zero-order valence-corrected chi connectivity index (χ0v) is 13.1. The molecule has 0 spiro atoms. The molecule has 106 valence electrons. The highest BCUT2D eigenvalue weighted by molar-refractivity contribution is 5.85. The van der Waals surface area contributed by atoms with Crippen molar-refractivity contribution in [1.29, 1.82) is 0 Å². The predicted octanol–water partition coefficient (Wildman–Crippen LogP) is 5.59. The summed E-state index contributed by atoms with van der Waals surface area (Å²) in [7, 11) is 0. The van der Waals surface area contributed by atoms with Crippen molar-refractivity contribution in [3.63, 3.8) is 0 Å². The van der Waals surface area contributed by atoms with E-state index in [-0.39, 0.29) is 0 Å². The van der Waals surface area contributed by atoms with Crippen LogP contribution in [0.15, 0.2) is 48.7 Å². The van der Waals surface area contributed by atoms with Gasteiger partial charge < -0.3 is 0 Å². The molecule has 0 radical (unpaired) electrons. The van der Waals surface area contributed by atoms with Crippen LogP contribution in [0, 0.1) is 13.8 Å². The van der Waals surface area contributed by atoms with Crippen molar-refractivity contribution < 1.29 is 0 Å². The second-order valence-electron chi connectivity index (χ2n) is 6.04. The Hall–Kier alpha value is -2.15. The van der Waals surface area contributed by atoms with Gasteiger partial charge in [-0.05, 0) is 65.8 Å². The number of aromatic nitrogens is 1. The molecule has 0 saturated heterocycles. The Morgan fingerprint density at radius 1 is 0.857 bits per heavy atom. The third-order valence-electron chi connectivity index (χ3n) is 4.26. The average Bonchev–Trinajstić information content (AvgIpc) is 2.70. The van der Waals surface area contributed by atoms with Gasteiger partial charge in [0.15, 0.2) is 0 Å². The SMILES string of the molecule is Cc1ccc(C(C)C)cc2c(C)c(-c3ccccn3)cc1-2. The van der Waals surface area contributed by atoms with Gasteiger partial charge in [-0.15, -0.1) is 0 Å². The smallest absolute Gasteiger partial charge is 0.0705 e. The first-order chi connectivity index (χ1) is 10.1. The summed E-state index contributed by atoms with van der Waals surface area (Å²) in [6.45, 7) is 8.88. The summed E-state index contributed by atoms with van der Waals surface area (Å²) in [5.41, 5.74) is 9.01. The highest BCUT2D eigenvalue weighted by Crippen LogP contribution is 2.39. The lowest BCUT2D eigenvalue weighted by atomic mass is 10.0. The maximum atomic E-state index is 4.51. The summed E-state index contributed by atoms with van der Waals surface area (Å²) >= 11 is 0. The van der Waals surface area contributed by atoms with Crippen LogP contribution in [0.2, 0.25) is 0 Å². The second-order valence-corrected chi connectivity index (χ2v) is 6.04. The van der Waals surface area contributed by atoms with E-state index in [2.05, 4.69) is 63.0 Å². The molecule has 1 heteroatoms. The topological polar surface area (TPSA) is 12.9 Å². The van der Waals surface area contributed by atoms with Gasteiger partial charge in [-0.25, -0.2) is 0 Å². The third kappa shape index (κ3) is 2.44. The molecular weight excluding hydrogens is 254 g/mol. The van der Waals surface area contributed by atoms with Crippen LogP contribution in [0.1, 0.15) is 36.5 Å². The third-order valence-corrected chi connectivity index (χ3v) is 4.26. The maximum absolute atomic E-state index is 4.51. The molecule has 1 aromatic rings. The van der Waals surface area contributed by atoms with Crippen molar-refractivity contribution in [2.24, 2.45) is 0 Å². The minimum Gasteiger partial charge on any atom is -0.256 e. The first-order valence-electron chi connectivity index (χ1n) is 7.53. The summed E-state index contributed by atoms with van der Waals surface area (Å²) in [5.74, 6) is 0.535. The Morgan fingerprint density at radius 2 is 1.67 bits per heavy atom. The highest BCUT2D eigenvalue weighted by atomic mass is 14.7. The van der Waals surface area contributed by atoms with Gasteiger partial charge in [0, 0.05) is 11.8 Å². The van der Waals surface area contributed by atoms with E-state index in [1.165, 1.54) is 33.4 Å². The Kier molecular flexibility index (Phi) is 3.50. The van der Waals surface area contributed by atoms with Gasteiger partial charge in [-0.2, -0.15) is 0 Å². The molecule has 0 N–H and O–H groups in total. The van der Waals surface area contributed by atoms with Gasteiger partial charge in [0.1, 0.15) is 0 Å². The van der Waals surface area contributed by atoms with E-state index in [0.29, 0.717) is 5.92 Å². The number of nitrogens with zero attached hydrogens (tertiary/aromatic N) is 1. The molecule has 0 atom stereocenters. The van der Waals surface area contributed by atoms with Gasteiger partial charge in [0.2, 0.25) is 0 Å². The monoisotopic (exact) mass is 275 g/mol. The second kappa shape index (κ2) is 5.33. The van der Waals surface area contributed by atoms with Crippen molar-refractivity contribution in [2.75, 3.05) is 0 Å². The van der Waals surface area contributed by atoms with Crippen LogP contribution in [0.25, 0.3) is 22.4 Å². The molecule has 0 saturated carbocycles. The van der Waals surface area contributed by atoms with Crippen LogP contribution in [0.3, 0.4) is 0 Å². The maximum Gasteiger partial charge on any atom is 0.0705 e. The van der Waals surface area contributed by atoms with E-state index in [0.717, 1.165) is 5.69 Å². The van der Waals surface area contributed by atoms with Crippen LogP contribution in [-0.4, -0.2) is 4.98 Å². The molecule has 21 heavy (non-hydrogen) atoms. The Morgan fingerprint density at radius 3 is 2.33 bits per heavy atom. The molecule has 1 nitrogen and oxygen atoms in total. The summed E-state index contributed by atoms with van der Waals surface area (Å²) < 4.78 is 0. The minimum atomic E-state index is 0.535. The van der Waals surface area contributed by atoms with Crippen LogP contribution < -0.4 is 0 Å². The molecule has 1 heterocycles. The number of rotatable bonds is 2. The first-order valence-corrected chi connectivity index (χ1v) is 7.53. The number of aryl methyl sites for hydroxylation is 1. The van der Waals surface area contributed by atoms with Gasteiger partial charge in [0.05, 0.1) is 5.69 Å². The van der Waals surface area contributed by atoms with Gasteiger partial charge >= 0.3 is 0 Å². The number of hydrogen-bond donors (Lipinski definition) is 0. The molecule has 0 bridgehead atoms. The average molecular weight is 275 g/mol. The van der Waals surface area contributed by atoms with E-state index in [4.69, 9.17) is 0 Å². The van der Waals surface area contributed by atoms with E-state index >= 15 is 0 Å². The van der Waals surface area contributed by atoms with Gasteiger partial charge in [-0.3, -0.25) is 4.98 Å². The Bertz CT molecular complexity index is 741. The summed E-state index contributed by atoms with van der Waals surface area (Å²) in [6, 6.07) is 15.2. The van der Waals surface area contributed by atoms with Crippen molar-refractivity contribution >= 4 is 0 Å². The Balaban J connectivity index is 2.28. The summed E-state index contributed by atoms with van der Waals surface area (Å²) in [4.78, 5) is 4.51. The van der Waals surface area contributed by atoms with Gasteiger partial charge in [0.25, 0.3) is 0 Å². The molecule has 0 aromatic carbocycles. The number of pyridine rings is 1. The number of hydrogen-bond acceptors (Lipinski definition) is 1. The normalized spacial score (nSPS) is 11.3. The van der Waals surface area contributed by atoms with Crippen LogP contribution in [0.4, 0.5) is 0 Å². The standard InChI is InChI=1S/C20H21N/c1-13(2)16-9-8-14(3)17-12-19(15(4)18(17)11-16)20-7-5-6-10-21-20/h5-13H,1-4H3. The molecule has 2 aliphatic carbocycles. The van der Waals surface area contributed by atoms with Gasteiger partial charge in [-0.1, -0.05) is 38.1 Å². The quantitative estimate of drug-likeness (QED) is 0.593. The lowest BCUT2D eigenvalue weighted by molar-refractivity contribution is 0.868. The number of fused-ring (bicyclic) bond motifs is 1. The fraction of sp³-hybridized carbons (Fsp3) is 0.250. The van der Waals surface area contributed by atoms with E-state index in [9.17, 15) is 0 Å². The molecule has 3 rings (SSSR count). The van der Waals surface area contributed by atoms with Crippen molar-refractivity contribution in [1.82, 2.24) is 4.98 Å². The van der Waals surface area contributed by atoms with Crippen molar-refractivity contribution in [3.8, 4) is 22.4 Å². The molecule has 0 aliphatic heterocycles. The van der Waals surface area contributed by atoms with Crippen LogP contribution >= 0.6 is 0 Å². The van der Waals surface area contributed by atoms with Crippen molar-refractivity contribution in [2.45, 2.75) is 33.6 Å². The zero-order valence-electron chi connectivity index (χ0n) is 13.1. The van der Waals surface area contributed by atoms with E-state index in [1.54, 1.807) is 0 Å². The lowest BCUT2D eigenvalue weighted by Crippen LogP contribution is -1.85. The zero-order chi connectivity index (χ0) is 15.0. The fourth-order valence-electron chi connectivity index (χ4n) is 2.86. The first kappa shape index (κ1) is 13.8. The predicted molar refractivity (Wildman–Crippen MR) is 89.9 cm³/mol. The van der Waals surface area contributed by atoms with E-state index < -0.39 is 0 Å². The minimum absolute atomic E-state index is 0.535. The largest absolute Gasteiger partial charge is 0.256 e. The fourth-order valence-corrected chi connectivity index (χ4v) is 2.86. The molecular formula is C20H21N. The molecule has 1 aromatic heterocycles. The van der Waals surface area contributed by atoms with Crippen molar-refractivity contribution in [3.05, 3.63) is 65.4 Å². The molecule has 0 unspecified atom stereocenters. The molecule has 0 fully saturated rings. The molecule has 2 aliphatic rings. The lowest BCUT2D eigenvalue weighted by Gasteiger charge is -2.04. The molecule has 0 amide bonds.